The molecule has 3 heterocycles. The molecule has 1 aliphatic heterocycles. The van der Waals surface area contributed by atoms with Crippen LogP contribution in [-0.2, 0) is 0 Å². The molecule has 45 heavy (non-hydrogen) atoms. The number of aliphatic hydroxyl groups is 1. The molecule has 1 unspecified atom stereocenters. The topological polar surface area (TPSA) is 107 Å². The molecule has 10 heteroatoms. The number of nitrogens with one attached hydrogen (secondary N) is 2. The van der Waals surface area contributed by atoms with E-state index in [1.807, 2.05) is 19.1 Å². The first-order valence-corrected chi connectivity index (χ1v) is 18.7. The number of pyridine rings is 1. The SMILES string of the molecule is CC(O)CCCCOc1cc(Nc2ncc3c(C#C[Si](C(C)C)(C(C)C)C(C)C)cc(=O)[nH]c3n2)ccc1N1CCN(C)CC1. The number of fused-ring (bicyclic) bond motifs is 1. The summed E-state index contributed by atoms with van der Waals surface area (Å²) in [7, 11) is 0.169. The van der Waals surface area contributed by atoms with E-state index in [-0.39, 0.29) is 11.7 Å². The molecule has 0 radical (unpaired) electrons. The molecule has 9 nitrogen and oxygen atoms in total. The Hall–Kier alpha value is -3.39. The Morgan fingerprint density at radius 1 is 1.02 bits per heavy atom. The Balaban J connectivity index is 1.62. The smallest absolute Gasteiger partial charge is 0.250 e. The van der Waals surface area contributed by atoms with E-state index in [0.29, 0.717) is 40.4 Å². The summed E-state index contributed by atoms with van der Waals surface area (Å²) >= 11 is 0. The largest absolute Gasteiger partial charge is 0.491 e. The number of unbranched alkanes of at least 4 members (excludes halogenated alkanes) is 1. The summed E-state index contributed by atoms with van der Waals surface area (Å²) < 4.78 is 6.31. The van der Waals surface area contributed by atoms with Crippen molar-refractivity contribution in [1.82, 2.24) is 19.9 Å². The van der Waals surface area contributed by atoms with Gasteiger partial charge in [-0.2, -0.15) is 4.98 Å². The third-order valence-corrected chi connectivity index (χ3v) is 15.5. The number of aromatic amines is 1. The van der Waals surface area contributed by atoms with Crippen LogP contribution < -0.4 is 20.5 Å². The van der Waals surface area contributed by atoms with Gasteiger partial charge in [-0.05, 0) is 62.0 Å². The third kappa shape index (κ3) is 8.46. The fourth-order valence-corrected chi connectivity index (χ4v) is 11.9. The Morgan fingerprint density at radius 2 is 1.71 bits per heavy atom. The number of H-pyrrole nitrogens is 1. The van der Waals surface area contributed by atoms with E-state index < -0.39 is 8.07 Å². The van der Waals surface area contributed by atoms with Gasteiger partial charge < -0.3 is 29.9 Å². The normalized spacial score (nSPS) is 15.1. The number of hydrogen-bond donors (Lipinski definition) is 3. The Morgan fingerprint density at radius 3 is 2.36 bits per heavy atom. The number of aromatic nitrogens is 3. The van der Waals surface area contributed by atoms with E-state index in [1.54, 1.807) is 12.3 Å². The van der Waals surface area contributed by atoms with Gasteiger partial charge in [0, 0.05) is 55.8 Å². The zero-order valence-corrected chi connectivity index (χ0v) is 29.4. The second-order valence-electron chi connectivity index (χ2n) is 13.4. The molecule has 3 N–H and O–H groups in total. The minimum atomic E-state index is -1.98. The average molecular weight is 633 g/mol. The van der Waals surface area contributed by atoms with Gasteiger partial charge in [0.05, 0.1) is 23.8 Å². The van der Waals surface area contributed by atoms with Gasteiger partial charge in [-0.1, -0.05) is 47.5 Å². The molecule has 4 rings (SSSR count). The Bertz CT molecular complexity index is 1530. The lowest BCUT2D eigenvalue weighted by atomic mass is 10.2. The maximum absolute atomic E-state index is 12.7. The van der Waals surface area contributed by atoms with Crippen molar-refractivity contribution < 1.29 is 9.84 Å². The molecule has 244 valence electrons. The number of rotatable bonds is 12. The Kier molecular flexibility index (Phi) is 11.7. The first-order chi connectivity index (χ1) is 21.4. The van der Waals surface area contributed by atoms with Crippen LogP contribution in [0.1, 0.15) is 73.3 Å². The van der Waals surface area contributed by atoms with Crippen molar-refractivity contribution in [3.05, 3.63) is 46.4 Å². The van der Waals surface area contributed by atoms with Gasteiger partial charge in [0.2, 0.25) is 5.95 Å². The lowest BCUT2D eigenvalue weighted by Crippen LogP contribution is -2.44. The van der Waals surface area contributed by atoms with Gasteiger partial charge >= 0.3 is 0 Å². The highest BCUT2D eigenvalue weighted by molar-refractivity contribution is 6.90. The van der Waals surface area contributed by atoms with Gasteiger partial charge in [0.15, 0.2) is 0 Å². The molecule has 1 aliphatic rings. The van der Waals surface area contributed by atoms with Gasteiger partial charge in [-0.15, -0.1) is 5.54 Å². The summed E-state index contributed by atoms with van der Waals surface area (Å²) in [4.78, 5) is 29.6. The minimum Gasteiger partial charge on any atom is -0.491 e. The molecule has 0 saturated carbocycles. The van der Waals surface area contributed by atoms with Crippen LogP contribution in [0.15, 0.2) is 35.3 Å². The summed E-state index contributed by atoms with van der Waals surface area (Å²) in [5.41, 5.74) is 7.96. The quantitative estimate of drug-likeness (QED) is 0.121. The fraction of sp³-hybridized carbons (Fsp3) is 0.571. The zero-order valence-electron chi connectivity index (χ0n) is 28.4. The summed E-state index contributed by atoms with van der Waals surface area (Å²) in [5, 5.41) is 13.7. The van der Waals surface area contributed by atoms with Crippen molar-refractivity contribution in [2.45, 2.75) is 90.5 Å². The molecule has 1 saturated heterocycles. The molecule has 0 spiro atoms. The van der Waals surface area contributed by atoms with Crippen LogP contribution in [0.3, 0.4) is 0 Å². The lowest BCUT2D eigenvalue weighted by molar-refractivity contribution is 0.177. The van der Waals surface area contributed by atoms with Crippen molar-refractivity contribution in [2.24, 2.45) is 0 Å². The monoisotopic (exact) mass is 632 g/mol. The summed E-state index contributed by atoms with van der Waals surface area (Å²) in [5.74, 6) is 4.61. The predicted octanol–water partition coefficient (Wildman–Crippen LogP) is 6.31. The first kappa shape index (κ1) is 34.5. The van der Waals surface area contributed by atoms with Crippen LogP contribution in [0.2, 0.25) is 16.6 Å². The number of ether oxygens (including phenoxy) is 1. The van der Waals surface area contributed by atoms with Gasteiger partial charge in [0.1, 0.15) is 19.5 Å². The van der Waals surface area contributed by atoms with Gasteiger partial charge in [-0.3, -0.25) is 4.79 Å². The van der Waals surface area contributed by atoms with E-state index in [2.05, 4.69) is 96.2 Å². The van der Waals surface area contributed by atoms with Crippen molar-refractivity contribution in [3.63, 3.8) is 0 Å². The van der Waals surface area contributed by atoms with E-state index in [1.165, 1.54) is 0 Å². The van der Waals surface area contributed by atoms with Crippen molar-refractivity contribution >= 4 is 36.4 Å². The maximum atomic E-state index is 12.7. The molecule has 1 fully saturated rings. The van der Waals surface area contributed by atoms with Gasteiger partial charge in [0.25, 0.3) is 5.56 Å². The molecule has 0 amide bonds. The number of nitrogens with zero attached hydrogens (tertiary/aromatic N) is 4. The standard InChI is InChI=1S/C35H52N6O3Si/c1-24(2)45(25(3)4,26(5)6)20-14-28-21-33(43)38-34-30(28)23-36-35(39-34)37-29-12-13-31(41-17-15-40(8)16-18-41)32(22-29)44-19-10-9-11-27(7)42/h12-13,21-27,42H,9-11,15-19H2,1-8H3,(H2,36,37,38,39,43). The highest BCUT2D eigenvalue weighted by Crippen LogP contribution is 2.41. The zero-order chi connectivity index (χ0) is 32.7. The number of hydrogen-bond acceptors (Lipinski definition) is 8. The lowest BCUT2D eigenvalue weighted by Gasteiger charge is -2.38. The van der Waals surface area contributed by atoms with Crippen LogP contribution in [0.25, 0.3) is 11.0 Å². The summed E-state index contributed by atoms with van der Waals surface area (Å²) in [6.45, 7) is 19.9. The molecular weight excluding hydrogens is 581 g/mol. The molecule has 0 bridgehead atoms. The highest BCUT2D eigenvalue weighted by Gasteiger charge is 2.41. The minimum absolute atomic E-state index is 0.231. The van der Waals surface area contributed by atoms with Crippen LogP contribution in [0.4, 0.5) is 17.3 Å². The highest BCUT2D eigenvalue weighted by atomic mass is 28.3. The number of likely N-dealkylation sites (N-methyl/N-ethyl adjacent to an activating group) is 1. The number of piperazine rings is 1. The predicted molar refractivity (Wildman–Crippen MR) is 189 cm³/mol. The van der Waals surface area contributed by atoms with Crippen molar-refractivity contribution in [2.75, 3.05) is 50.1 Å². The van der Waals surface area contributed by atoms with Crippen LogP contribution in [0, 0.1) is 11.5 Å². The van der Waals surface area contributed by atoms with Crippen LogP contribution >= 0.6 is 0 Å². The van der Waals surface area contributed by atoms with E-state index >= 15 is 0 Å². The van der Waals surface area contributed by atoms with Crippen molar-refractivity contribution in [3.8, 4) is 17.2 Å². The molecule has 3 aromatic rings. The number of benzene rings is 1. The second kappa shape index (κ2) is 15.3. The molecule has 1 aromatic carbocycles. The third-order valence-electron chi connectivity index (χ3n) is 9.21. The summed E-state index contributed by atoms with van der Waals surface area (Å²) in [6, 6.07) is 7.66. The van der Waals surface area contributed by atoms with Crippen LogP contribution in [-0.4, -0.2) is 79.0 Å². The molecular formula is C35H52N6O3Si. The maximum Gasteiger partial charge on any atom is 0.250 e. The van der Waals surface area contributed by atoms with Gasteiger partial charge in [-0.25, -0.2) is 4.98 Å². The molecule has 1 atom stereocenters. The second-order valence-corrected chi connectivity index (χ2v) is 19.0. The summed E-state index contributed by atoms with van der Waals surface area (Å²) in [6.07, 6.45) is 3.98. The molecule has 0 aliphatic carbocycles. The van der Waals surface area contributed by atoms with Crippen molar-refractivity contribution in [1.29, 1.82) is 0 Å². The van der Waals surface area contributed by atoms with Crippen LogP contribution in [0.5, 0.6) is 5.75 Å². The number of aliphatic hydroxyl groups excluding tert-OH is 1. The average Bonchev–Trinajstić information content (AvgIpc) is 2.97. The first-order valence-electron chi connectivity index (χ1n) is 16.5. The van der Waals surface area contributed by atoms with E-state index in [4.69, 9.17) is 4.74 Å². The number of anilines is 3. The Labute approximate surface area is 269 Å². The fourth-order valence-electron chi connectivity index (χ4n) is 6.68. The van der Waals surface area contributed by atoms with E-state index in [9.17, 15) is 9.90 Å². The molecule has 2 aromatic heterocycles. The van der Waals surface area contributed by atoms with E-state index in [0.717, 1.165) is 68.0 Å².